The Labute approximate surface area is 163 Å². The van der Waals surface area contributed by atoms with Gasteiger partial charge in [-0.25, -0.2) is 8.42 Å². The summed E-state index contributed by atoms with van der Waals surface area (Å²) in [5.41, 5.74) is 0. The first-order valence-corrected chi connectivity index (χ1v) is 11.0. The minimum absolute atomic E-state index is 0.0672. The van der Waals surface area contributed by atoms with Crippen LogP contribution < -0.4 is 14.4 Å². The molecule has 0 radical (unpaired) electrons. The van der Waals surface area contributed by atoms with E-state index in [1.54, 1.807) is 23.9 Å². The highest BCUT2D eigenvalue weighted by atomic mass is 32.2. The summed E-state index contributed by atoms with van der Waals surface area (Å²) >= 11 is 5.25. The quantitative estimate of drug-likeness (QED) is 0.641. The largest absolute Gasteiger partial charge is 0.497 e. The third-order valence-electron chi connectivity index (χ3n) is 4.69. The van der Waals surface area contributed by atoms with Gasteiger partial charge >= 0.3 is 0 Å². The Kier molecular flexibility index (Phi) is 6.18. The molecule has 1 aromatic heterocycles. The number of benzene rings is 1. The maximum atomic E-state index is 11.7. The average molecular weight is 415 g/mol. The van der Waals surface area contributed by atoms with Crippen LogP contribution in [0.25, 0.3) is 0 Å². The molecule has 1 aromatic carbocycles. The van der Waals surface area contributed by atoms with Crippen LogP contribution in [0.1, 0.15) is 19.2 Å². The van der Waals surface area contributed by atoms with Gasteiger partial charge in [-0.3, -0.25) is 0 Å². The van der Waals surface area contributed by atoms with Gasteiger partial charge in [0.05, 0.1) is 19.4 Å². The molecule has 10 heteroatoms. The molecule has 2 heterocycles. The number of ether oxygens (including phenoxy) is 2. The molecular weight excluding hydrogens is 390 g/mol. The molecule has 1 saturated heterocycles. The molecule has 1 unspecified atom stereocenters. The molecule has 0 saturated carbocycles. The summed E-state index contributed by atoms with van der Waals surface area (Å²) in [5, 5.41) is 4.38. The molecule has 0 bridgehead atoms. The molecule has 0 aliphatic carbocycles. The second-order valence-corrected chi connectivity index (χ2v) is 9.07. The number of aromatic nitrogens is 2. The van der Waals surface area contributed by atoms with E-state index in [0.29, 0.717) is 24.7 Å². The molecule has 8 nitrogen and oxygen atoms in total. The SMILES string of the molecule is CC[NH+](Cn1nc(COc2ccc(OC)cc2)oc1=S)[C@@H]1CCS(=O)(=O)C1. The van der Waals surface area contributed by atoms with Crippen LogP contribution >= 0.6 is 12.2 Å². The second-order valence-electron chi connectivity index (χ2n) is 6.50. The van der Waals surface area contributed by atoms with Crippen molar-refractivity contribution >= 4 is 22.1 Å². The minimum atomic E-state index is -2.92. The van der Waals surface area contributed by atoms with E-state index < -0.39 is 9.84 Å². The van der Waals surface area contributed by atoms with Crippen molar-refractivity contribution < 1.29 is 27.2 Å². The topological polar surface area (TPSA) is 88.0 Å². The van der Waals surface area contributed by atoms with Crippen LogP contribution in [0.3, 0.4) is 0 Å². The summed E-state index contributed by atoms with van der Waals surface area (Å²) < 4.78 is 41.4. The Morgan fingerprint density at radius 1 is 1.33 bits per heavy atom. The first-order valence-electron chi connectivity index (χ1n) is 8.79. The van der Waals surface area contributed by atoms with E-state index in [1.807, 2.05) is 19.1 Å². The van der Waals surface area contributed by atoms with Crippen molar-refractivity contribution in [3.63, 3.8) is 0 Å². The van der Waals surface area contributed by atoms with Crippen molar-refractivity contribution in [3.8, 4) is 11.5 Å². The van der Waals surface area contributed by atoms with Gasteiger partial charge in [-0.05, 0) is 43.4 Å². The molecule has 1 aliphatic rings. The lowest BCUT2D eigenvalue weighted by molar-refractivity contribution is -0.943. The van der Waals surface area contributed by atoms with Crippen molar-refractivity contribution in [2.45, 2.75) is 32.7 Å². The number of nitrogens with one attached hydrogen (secondary N) is 1. The smallest absolute Gasteiger partial charge is 0.291 e. The summed E-state index contributed by atoms with van der Waals surface area (Å²) in [6.45, 7) is 3.44. The zero-order valence-corrected chi connectivity index (χ0v) is 17.0. The summed E-state index contributed by atoms with van der Waals surface area (Å²) in [4.78, 5) is 1.39. The van der Waals surface area contributed by atoms with Gasteiger partial charge in [0.15, 0.2) is 23.1 Å². The molecule has 1 aliphatic heterocycles. The van der Waals surface area contributed by atoms with Gasteiger partial charge in [0.1, 0.15) is 23.3 Å². The van der Waals surface area contributed by atoms with Gasteiger partial charge in [0, 0.05) is 6.42 Å². The summed E-state index contributed by atoms with van der Waals surface area (Å²) in [6, 6.07) is 7.28. The first-order chi connectivity index (χ1) is 12.9. The van der Waals surface area contributed by atoms with Gasteiger partial charge in [-0.15, -0.1) is 5.10 Å². The van der Waals surface area contributed by atoms with Crippen molar-refractivity contribution in [1.29, 1.82) is 0 Å². The van der Waals surface area contributed by atoms with E-state index in [1.165, 1.54) is 0 Å². The summed E-state index contributed by atoms with van der Waals surface area (Å²) in [7, 11) is -1.31. The number of rotatable bonds is 8. The van der Waals surface area contributed by atoms with E-state index in [2.05, 4.69) is 5.10 Å². The predicted octanol–water partition coefficient (Wildman–Crippen LogP) is 0.843. The molecule has 1 N–H and O–H groups in total. The number of hydrogen-bond acceptors (Lipinski definition) is 7. The lowest BCUT2D eigenvalue weighted by atomic mass is 10.2. The fraction of sp³-hybridized carbons (Fsp3) is 0.529. The number of sulfone groups is 1. The highest BCUT2D eigenvalue weighted by Crippen LogP contribution is 2.18. The summed E-state index contributed by atoms with van der Waals surface area (Å²) in [5.74, 6) is 2.27. The van der Waals surface area contributed by atoms with E-state index >= 15 is 0 Å². The number of nitrogens with zero attached hydrogens (tertiary/aromatic N) is 2. The zero-order valence-electron chi connectivity index (χ0n) is 15.4. The Morgan fingerprint density at radius 2 is 2.04 bits per heavy atom. The monoisotopic (exact) mass is 414 g/mol. The van der Waals surface area contributed by atoms with E-state index in [0.717, 1.165) is 17.2 Å². The van der Waals surface area contributed by atoms with Crippen LogP contribution in [0.4, 0.5) is 0 Å². The molecule has 27 heavy (non-hydrogen) atoms. The fourth-order valence-corrected chi connectivity index (χ4v) is 5.19. The van der Waals surface area contributed by atoms with Crippen LogP contribution in [0.5, 0.6) is 11.5 Å². The first kappa shape index (κ1) is 19.8. The minimum Gasteiger partial charge on any atom is -0.497 e. The van der Waals surface area contributed by atoms with Crippen LogP contribution in [-0.4, -0.2) is 49.4 Å². The highest BCUT2D eigenvalue weighted by molar-refractivity contribution is 7.91. The van der Waals surface area contributed by atoms with Gasteiger partial charge < -0.3 is 18.8 Å². The molecule has 148 valence electrons. The van der Waals surface area contributed by atoms with E-state index in [9.17, 15) is 8.42 Å². The van der Waals surface area contributed by atoms with Crippen molar-refractivity contribution in [1.82, 2.24) is 9.78 Å². The normalized spacial score (nSPS) is 19.7. The van der Waals surface area contributed by atoms with E-state index in [4.69, 9.17) is 26.1 Å². The van der Waals surface area contributed by atoms with Crippen molar-refractivity contribution in [2.24, 2.45) is 0 Å². The van der Waals surface area contributed by atoms with E-state index in [-0.39, 0.29) is 29.0 Å². The molecule has 1 fully saturated rings. The zero-order chi connectivity index (χ0) is 19.4. The predicted molar refractivity (Wildman–Crippen MR) is 101 cm³/mol. The molecule has 2 aromatic rings. The van der Waals surface area contributed by atoms with Crippen molar-refractivity contribution in [2.75, 3.05) is 25.2 Å². The third-order valence-corrected chi connectivity index (χ3v) is 6.75. The average Bonchev–Trinajstić information content (AvgIpc) is 3.19. The Hall–Kier alpha value is -1.91. The van der Waals surface area contributed by atoms with Crippen LogP contribution in [-0.2, 0) is 23.1 Å². The van der Waals surface area contributed by atoms with Gasteiger partial charge in [-0.1, -0.05) is 0 Å². The second kappa shape index (κ2) is 8.41. The van der Waals surface area contributed by atoms with Crippen molar-refractivity contribution in [3.05, 3.63) is 35.0 Å². The number of hydrogen-bond donors (Lipinski definition) is 1. The molecule has 2 atom stereocenters. The Bertz CT molecular complexity index is 921. The fourth-order valence-electron chi connectivity index (χ4n) is 3.16. The summed E-state index contributed by atoms with van der Waals surface area (Å²) in [6.07, 6.45) is 0.671. The van der Waals surface area contributed by atoms with Gasteiger partial charge in [0.25, 0.3) is 10.7 Å². The van der Waals surface area contributed by atoms with Crippen LogP contribution in [0.2, 0.25) is 0 Å². The highest BCUT2D eigenvalue weighted by Gasteiger charge is 2.35. The Morgan fingerprint density at radius 3 is 2.63 bits per heavy atom. The molecule has 0 amide bonds. The standard InChI is InChI=1S/C17H23N3O5S2/c1-3-19(13-8-9-27(21,22)11-13)12-20-17(26)25-16(18-20)10-24-15-6-4-14(23-2)5-7-15/h4-7,13H,3,8-12H2,1-2H3/p+1/t13-/m1/s1. The lowest BCUT2D eigenvalue weighted by Crippen LogP contribution is -3.15. The third kappa shape index (κ3) is 5.08. The lowest BCUT2D eigenvalue weighted by Gasteiger charge is -2.22. The maximum absolute atomic E-state index is 11.7. The number of methoxy groups -OCH3 is 1. The van der Waals surface area contributed by atoms with Crippen LogP contribution in [0.15, 0.2) is 28.7 Å². The maximum Gasteiger partial charge on any atom is 0.291 e. The molecule has 3 rings (SSSR count). The van der Waals surface area contributed by atoms with Gasteiger partial charge in [-0.2, -0.15) is 4.68 Å². The Balaban J connectivity index is 1.62. The van der Waals surface area contributed by atoms with Gasteiger partial charge in [0.2, 0.25) is 0 Å². The molecular formula is C17H24N3O5S2+. The molecule has 0 spiro atoms. The van der Waals surface area contributed by atoms with Crippen LogP contribution in [0, 0.1) is 4.84 Å². The number of quaternary nitrogens is 1.